The summed E-state index contributed by atoms with van der Waals surface area (Å²) < 4.78 is 0. The van der Waals surface area contributed by atoms with Crippen LogP contribution in [0.4, 0.5) is 0 Å². The summed E-state index contributed by atoms with van der Waals surface area (Å²) in [4.78, 5) is 0. The SMILES string of the molecule is CCCCCC(Cc1ccc2ccccc2c1)NCC. The Morgan fingerprint density at radius 2 is 1.75 bits per heavy atom. The van der Waals surface area contributed by atoms with Gasteiger partial charge in [-0.2, -0.15) is 0 Å². The zero-order chi connectivity index (χ0) is 14.2. The quantitative estimate of drug-likeness (QED) is 0.669. The van der Waals surface area contributed by atoms with E-state index in [1.165, 1.54) is 42.0 Å². The average Bonchev–Trinajstić information content (AvgIpc) is 2.47. The molecule has 108 valence electrons. The molecule has 1 nitrogen and oxygen atoms in total. The van der Waals surface area contributed by atoms with Crippen molar-refractivity contribution in [2.45, 2.75) is 52.0 Å². The highest BCUT2D eigenvalue weighted by Gasteiger charge is 2.08. The highest BCUT2D eigenvalue weighted by atomic mass is 14.9. The molecule has 1 N–H and O–H groups in total. The number of rotatable bonds is 8. The third-order valence-corrected chi connectivity index (χ3v) is 3.94. The summed E-state index contributed by atoms with van der Waals surface area (Å²) in [5.41, 5.74) is 1.45. The molecule has 0 fully saturated rings. The van der Waals surface area contributed by atoms with E-state index in [1.807, 2.05) is 0 Å². The van der Waals surface area contributed by atoms with E-state index in [9.17, 15) is 0 Å². The summed E-state index contributed by atoms with van der Waals surface area (Å²) >= 11 is 0. The van der Waals surface area contributed by atoms with Crippen molar-refractivity contribution in [1.29, 1.82) is 0 Å². The summed E-state index contributed by atoms with van der Waals surface area (Å²) in [5, 5.41) is 6.33. The van der Waals surface area contributed by atoms with E-state index >= 15 is 0 Å². The lowest BCUT2D eigenvalue weighted by Crippen LogP contribution is -2.30. The number of benzene rings is 2. The average molecular weight is 269 g/mol. The predicted octanol–water partition coefficient (Wildman–Crippen LogP) is 4.94. The number of unbranched alkanes of at least 4 members (excludes halogenated alkanes) is 2. The fourth-order valence-corrected chi connectivity index (χ4v) is 2.86. The second-order valence-electron chi connectivity index (χ2n) is 5.64. The van der Waals surface area contributed by atoms with Crippen LogP contribution in [0.25, 0.3) is 10.8 Å². The Hall–Kier alpha value is -1.34. The van der Waals surface area contributed by atoms with Gasteiger partial charge in [0.2, 0.25) is 0 Å². The molecule has 0 aliphatic heterocycles. The van der Waals surface area contributed by atoms with Gasteiger partial charge >= 0.3 is 0 Å². The molecule has 0 spiro atoms. The molecule has 1 atom stereocenters. The van der Waals surface area contributed by atoms with E-state index in [2.05, 4.69) is 61.6 Å². The first kappa shape index (κ1) is 15.1. The molecule has 0 radical (unpaired) electrons. The van der Waals surface area contributed by atoms with E-state index in [-0.39, 0.29) is 0 Å². The Morgan fingerprint density at radius 1 is 0.950 bits per heavy atom. The van der Waals surface area contributed by atoms with Crippen molar-refractivity contribution in [2.24, 2.45) is 0 Å². The van der Waals surface area contributed by atoms with Gasteiger partial charge in [-0.3, -0.25) is 0 Å². The second-order valence-corrected chi connectivity index (χ2v) is 5.64. The smallest absolute Gasteiger partial charge is 0.0107 e. The monoisotopic (exact) mass is 269 g/mol. The van der Waals surface area contributed by atoms with Gasteiger partial charge in [0.1, 0.15) is 0 Å². The Kier molecular flexibility index (Phi) is 6.07. The fourth-order valence-electron chi connectivity index (χ4n) is 2.86. The van der Waals surface area contributed by atoms with Gasteiger partial charge < -0.3 is 5.32 Å². The number of fused-ring (bicyclic) bond motifs is 1. The van der Waals surface area contributed by atoms with Crippen LogP contribution in [0.15, 0.2) is 42.5 Å². The summed E-state index contributed by atoms with van der Waals surface area (Å²) in [6.07, 6.45) is 6.41. The van der Waals surface area contributed by atoms with Crippen LogP contribution in [0.2, 0.25) is 0 Å². The van der Waals surface area contributed by atoms with E-state index in [1.54, 1.807) is 0 Å². The van der Waals surface area contributed by atoms with Crippen molar-refractivity contribution in [3.63, 3.8) is 0 Å². The van der Waals surface area contributed by atoms with Gasteiger partial charge in [0.15, 0.2) is 0 Å². The van der Waals surface area contributed by atoms with Crippen LogP contribution in [-0.2, 0) is 6.42 Å². The summed E-state index contributed by atoms with van der Waals surface area (Å²) in [5.74, 6) is 0. The first-order valence-corrected chi connectivity index (χ1v) is 8.04. The van der Waals surface area contributed by atoms with E-state index < -0.39 is 0 Å². The highest BCUT2D eigenvalue weighted by Crippen LogP contribution is 2.18. The van der Waals surface area contributed by atoms with Crippen LogP contribution in [0.5, 0.6) is 0 Å². The van der Waals surface area contributed by atoms with Crippen molar-refractivity contribution < 1.29 is 0 Å². The lowest BCUT2D eigenvalue weighted by molar-refractivity contribution is 0.467. The summed E-state index contributed by atoms with van der Waals surface area (Å²) in [6, 6.07) is 16.1. The molecule has 0 aromatic heterocycles. The van der Waals surface area contributed by atoms with Gasteiger partial charge in [0.25, 0.3) is 0 Å². The van der Waals surface area contributed by atoms with Crippen LogP contribution in [0, 0.1) is 0 Å². The number of hydrogen-bond acceptors (Lipinski definition) is 1. The van der Waals surface area contributed by atoms with Gasteiger partial charge in [-0.15, -0.1) is 0 Å². The number of nitrogens with one attached hydrogen (secondary N) is 1. The topological polar surface area (TPSA) is 12.0 Å². The zero-order valence-electron chi connectivity index (χ0n) is 12.9. The van der Waals surface area contributed by atoms with Crippen molar-refractivity contribution >= 4 is 10.8 Å². The van der Waals surface area contributed by atoms with Gasteiger partial charge in [-0.1, -0.05) is 75.6 Å². The third kappa shape index (κ3) is 4.35. The van der Waals surface area contributed by atoms with Crippen molar-refractivity contribution in [2.75, 3.05) is 6.54 Å². The first-order chi connectivity index (χ1) is 9.83. The maximum absolute atomic E-state index is 3.64. The lowest BCUT2D eigenvalue weighted by atomic mass is 9.98. The molecule has 0 bridgehead atoms. The highest BCUT2D eigenvalue weighted by molar-refractivity contribution is 5.82. The number of likely N-dealkylation sites (N-methyl/N-ethyl adjacent to an activating group) is 1. The van der Waals surface area contributed by atoms with E-state index in [4.69, 9.17) is 0 Å². The van der Waals surface area contributed by atoms with Crippen LogP contribution in [0.3, 0.4) is 0 Å². The van der Waals surface area contributed by atoms with Crippen LogP contribution in [0.1, 0.15) is 45.1 Å². The Balaban J connectivity index is 2.03. The van der Waals surface area contributed by atoms with Gasteiger partial charge in [0.05, 0.1) is 0 Å². The maximum Gasteiger partial charge on any atom is 0.0107 e. The van der Waals surface area contributed by atoms with E-state index in [0.29, 0.717) is 6.04 Å². The molecular weight excluding hydrogens is 242 g/mol. The molecule has 0 aliphatic carbocycles. The molecule has 0 saturated carbocycles. The van der Waals surface area contributed by atoms with Crippen molar-refractivity contribution in [3.05, 3.63) is 48.0 Å². The molecule has 2 aromatic rings. The van der Waals surface area contributed by atoms with Crippen LogP contribution in [-0.4, -0.2) is 12.6 Å². The van der Waals surface area contributed by atoms with E-state index in [0.717, 1.165) is 13.0 Å². The zero-order valence-corrected chi connectivity index (χ0v) is 12.9. The molecule has 2 aromatic carbocycles. The predicted molar refractivity (Wildman–Crippen MR) is 89.3 cm³/mol. The van der Waals surface area contributed by atoms with Crippen molar-refractivity contribution in [3.8, 4) is 0 Å². The van der Waals surface area contributed by atoms with Crippen molar-refractivity contribution in [1.82, 2.24) is 5.32 Å². The fraction of sp³-hybridized carbons (Fsp3) is 0.474. The molecule has 0 amide bonds. The third-order valence-electron chi connectivity index (χ3n) is 3.94. The molecule has 1 heteroatoms. The summed E-state index contributed by atoms with van der Waals surface area (Å²) in [6.45, 7) is 5.53. The van der Waals surface area contributed by atoms with Crippen LogP contribution >= 0.6 is 0 Å². The largest absolute Gasteiger partial charge is 0.314 e. The maximum atomic E-state index is 3.64. The molecule has 0 aliphatic rings. The minimum atomic E-state index is 0.618. The first-order valence-electron chi connectivity index (χ1n) is 8.04. The van der Waals surface area contributed by atoms with Gasteiger partial charge in [-0.05, 0) is 35.7 Å². The summed E-state index contributed by atoms with van der Waals surface area (Å²) in [7, 11) is 0. The number of hydrogen-bond donors (Lipinski definition) is 1. The van der Waals surface area contributed by atoms with Crippen LogP contribution < -0.4 is 5.32 Å². The second kappa shape index (κ2) is 8.06. The minimum absolute atomic E-state index is 0.618. The molecule has 1 unspecified atom stereocenters. The molecular formula is C19H27N. The molecule has 0 saturated heterocycles. The Labute approximate surface area is 123 Å². The standard InChI is InChI=1S/C19H27N/c1-3-5-6-11-19(20-4-2)15-16-12-13-17-9-7-8-10-18(17)14-16/h7-10,12-14,19-20H,3-6,11,15H2,1-2H3. The Morgan fingerprint density at radius 3 is 2.50 bits per heavy atom. The molecule has 2 rings (SSSR count). The lowest BCUT2D eigenvalue weighted by Gasteiger charge is -2.18. The molecule has 20 heavy (non-hydrogen) atoms. The van der Waals surface area contributed by atoms with Gasteiger partial charge in [0, 0.05) is 6.04 Å². The van der Waals surface area contributed by atoms with Gasteiger partial charge in [-0.25, -0.2) is 0 Å². The normalized spacial score (nSPS) is 12.7. The molecule has 0 heterocycles. The Bertz CT molecular complexity index is 518. The minimum Gasteiger partial charge on any atom is -0.314 e.